The van der Waals surface area contributed by atoms with E-state index < -0.39 is 11.4 Å². The Hall–Kier alpha value is -0.120. The fourth-order valence-electron chi connectivity index (χ4n) is 0.998. The molecule has 1 aromatic carbocycles. The molecule has 0 fully saturated rings. The van der Waals surface area contributed by atoms with Crippen molar-refractivity contribution in [1.82, 2.24) is 0 Å². The summed E-state index contributed by atoms with van der Waals surface area (Å²) >= 11 is 8.72. The Morgan fingerprint density at radius 3 is 2.46 bits per heavy atom. The Kier molecular flexibility index (Phi) is 3.00. The third-order valence-corrected chi connectivity index (χ3v) is 2.68. The molecule has 1 N–H and O–H groups in total. The molecule has 0 aliphatic heterocycles. The van der Waals surface area contributed by atoms with Gasteiger partial charge in [-0.3, -0.25) is 0 Å². The van der Waals surface area contributed by atoms with E-state index in [-0.39, 0.29) is 5.02 Å². The van der Waals surface area contributed by atoms with E-state index in [1.807, 2.05) is 0 Å². The van der Waals surface area contributed by atoms with Crippen LogP contribution in [0, 0.1) is 5.82 Å². The van der Waals surface area contributed by atoms with Gasteiger partial charge in [0.15, 0.2) is 5.82 Å². The highest BCUT2D eigenvalue weighted by atomic mass is 79.9. The maximum absolute atomic E-state index is 13.2. The maximum atomic E-state index is 13.2. The fourth-order valence-corrected chi connectivity index (χ4v) is 1.84. The molecule has 0 unspecified atom stereocenters. The Labute approximate surface area is 89.7 Å². The summed E-state index contributed by atoms with van der Waals surface area (Å²) in [6, 6.07) is 3.12. The molecule has 0 atom stereocenters. The van der Waals surface area contributed by atoms with E-state index in [2.05, 4.69) is 15.9 Å². The van der Waals surface area contributed by atoms with Gasteiger partial charge in [-0.25, -0.2) is 4.39 Å². The number of aliphatic hydroxyl groups is 1. The lowest BCUT2D eigenvalue weighted by atomic mass is 9.98. The molecule has 0 aliphatic carbocycles. The molecule has 0 heterocycles. The van der Waals surface area contributed by atoms with Gasteiger partial charge in [0.1, 0.15) is 0 Å². The zero-order chi connectivity index (χ0) is 10.2. The lowest BCUT2D eigenvalue weighted by Gasteiger charge is -2.19. The van der Waals surface area contributed by atoms with Crippen LogP contribution in [0.5, 0.6) is 0 Å². The van der Waals surface area contributed by atoms with Crippen molar-refractivity contribution in [2.75, 3.05) is 0 Å². The van der Waals surface area contributed by atoms with Crippen LogP contribution in [0.1, 0.15) is 19.4 Å². The smallest absolute Gasteiger partial charge is 0.156 e. The van der Waals surface area contributed by atoms with Crippen LogP contribution in [0.3, 0.4) is 0 Å². The Morgan fingerprint density at radius 2 is 2.00 bits per heavy atom. The van der Waals surface area contributed by atoms with Gasteiger partial charge in [-0.1, -0.05) is 17.7 Å². The summed E-state index contributed by atoms with van der Waals surface area (Å²) in [6.45, 7) is 3.11. The average molecular weight is 268 g/mol. The summed E-state index contributed by atoms with van der Waals surface area (Å²) in [6.07, 6.45) is 0. The first-order valence-corrected chi connectivity index (χ1v) is 4.87. The maximum Gasteiger partial charge on any atom is 0.156 e. The molecule has 1 rings (SSSR count). The zero-order valence-corrected chi connectivity index (χ0v) is 9.58. The molecule has 0 aliphatic rings. The molecule has 1 nitrogen and oxygen atoms in total. The lowest BCUT2D eigenvalue weighted by Crippen LogP contribution is -2.16. The van der Waals surface area contributed by atoms with E-state index in [1.54, 1.807) is 19.9 Å². The van der Waals surface area contributed by atoms with E-state index in [4.69, 9.17) is 11.6 Å². The van der Waals surface area contributed by atoms with Crippen LogP contribution in [0.25, 0.3) is 0 Å². The predicted octanol–water partition coefficient (Wildman–Crippen LogP) is 3.47. The fraction of sp³-hybridized carbons (Fsp3) is 0.333. The summed E-state index contributed by atoms with van der Waals surface area (Å²) in [5.74, 6) is -0.540. The van der Waals surface area contributed by atoms with Crippen LogP contribution in [-0.4, -0.2) is 5.11 Å². The lowest BCUT2D eigenvalue weighted by molar-refractivity contribution is 0.0783. The van der Waals surface area contributed by atoms with Gasteiger partial charge in [0.2, 0.25) is 0 Å². The molecule has 0 aromatic heterocycles. The van der Waals surface area contributed by atoms with Crippen molar-refractivity contribution in [1.29, 1.82) is 0 Å². The number of hydrogen-bond donors (Lipinski definition) is 1. The van der Waals surface area contributed by atoms with Crippen LogP contribution >= 0.6 is 27.5 Å². The van der Waals surface area contributed by atoms with Crippen LogP contribution in [-0.2, 0) is 5.60 Å². The molecule has 0 saturated heterocycles. The quantitative estimate of drug-likeness (QED) is 0.773. The molecule has 0 saturated carbocycles. The van der Waals surface area contributed by atoms with Crippen molar-refractivity contribution < 1.29 is 9.50 Å². The molecule has 72 valence electrons. The van der Waals surface area contributed by atoms with Crippen LogP contribution in [0.2, 0.25) is 5.02 Å². The largest absolute Gasteiger partial charge is 0.386 e. The highest BCUT2D eigenvalue weighted by Crippen LogP contribution is 2.32. The second kappa shape index (κ2) is 3.56. The topological polar surface area (TPSA) is 20.2 Å². The third-order valence-electron chi connectivity index (χ3n) is 1.69. The van der Waals surface area contributed by atoms with Gasteiger partial charge in [-0.15, -0.1) is 0 Å². The first kappa shape index (κ1) is 11.0. The molecule has 4 heteroatoms. The van der Waals surface area contributed by atoms with E-state index in [0.717, 1.165) is 0 Å². The minimum absolute atomic E-state index is 0.0399. The normalized spacial score (nSPS) is 11.8. The molecular formula is C9H9BrClFO. The summed E-state index contributed by atoms with van der Waals surface area (Å²) in [5, 5.41) is 9.58. The molecular weight excluding hydrogens is 258 g/mol. The molecule has 0 amide bonds. The van der Waals surface area contributed by atoms with Crippen molar-refractivity contribution in [3.8, 4) is 0 Å². The van der Waals surface area contributed by atoms with Gasteiger partial charge in [0.05, 0.1) is 15.1 Å². The minimum Gasteiger partial charge on any atom is -0.386 e. The van der Waals surface area contributed by atoms with E-state index in [9.17, 15) is 9.50 Å². The van der Waals surface area contributed by atoms with Crippen molar-refractivity contribution in [2.24, 2.45) is 0 Å². The summed E-state index contributed by atoms with van der Waals surface area (Å²) < 4.78 is 13.5. The van der Waals surface area contributed by atoms with Crippen molar-refractivity contribution in [3.63, 3.8) is 0 Å². The van der Waals surface area contributed by atoms with Crippen LogP contribution in [0.15, 0.2) is 16.6 Å². The van der Waals surface area contributed by atoms with Crippen molar-refractivity contribution in [3.05, 3.63) is 33.0 Å². The minimum atomic E-state index is -1.13. The number of benzene rings is 1. The summed E-state index contributed by atoms with van der Waals surface area (Å²) in [5.41, 5.74) is -0.742. The standard InChI is InChI=1S/C9H9BrClFO/c1-9(2,13)5-3-4-6(10)8(12)7(5)11/h3-4,13H,1-2H3. The Morgan fingerprint density at radius 1 is 1.46 bits per heavy atom. The van der Waals surface area contributed by atoms with Crippen LogP contribution in [0.4, 0.5) is 4.39 Å². The average Bonchev–Trinajstić information content (AvgIpc) is 1.98. The monoisotopic (exact) mass is 266 g/mol. The molecule has 13 heavy (non-hydrogen) atoms. The first-order valence-electron chi connectivity index (χ1n) is 3.70. The second-order valence-corrected chi connectivity index (χ2v) is 4.51. The molecule has 0 spiro atoms. The number of hydrogen-bond acceptors (Lipinski definition) is 1. The highest BCUT2D eigenvalue weighted by Gasteiger charge is 2.22. The summed E-state index contributed by atoms with van der Waals surface area (Å²) in [7, 11) is 0. The number of rotatable bonds is 1. The SMILES string of the molecule is CC(C)(O)c1ccc(Br)c(F)c1Cl. The molecule has 0 bridgehead atoms. The van der Waals surface area contributed by atoms with E-state index in [1.165, 1.54) is 6.07 Å². The van der Waals surface area contributed by atoms with E-state index >= 15 is 0 Å². The van der Waals surface area contributed by atoms with Gasteiger partial charge in [-0.05, 0) is 35.8 Å². The van der Waals surface area contributed by atoms with Gasteiger partial charge in [0, 0.05) is 5.56 Å². The second-order valence-electron chi connectivity index (χ2n) is 3.28. The summed E-state index contributed by atoms with van der Waals surface area (Å²) in [4.78, 5) is 0. The van der Waals surface area contributed by atoms with Gasteiger partial charge in [-0.2, -0.15) is 0 Å². The van der Waals surface area contributed by atoms with Gasteiger partial charge in [0.25, 0.3) is 0 Å². The van der Waals surface area contributed by atoms with E-state index in [0.29, 0.717) is 10.0 Å². The van der Waals surface area contributed by atoms with Crippen LogP contribution < -0.4 is 0 Å². The van der Waals surface area contributed by atoms with Crippen molar-refractivity contribution in [2.45, 2.75) is 19.4 Å². The predicted molar refractivity (Wildman–Crippen MR) is 54.4 cm³/mol. The molecule has 0 radical (unpaired) electrons. The Bertz CT molecular complexity index is 333. The number of halogens is 3. The Balaban J connectivity index is 3.35. The first-order chi connectivity index (χ1) is 5.84. The third kappa shape index (κ3) is 2.22. The van der Waals surface area contributed by atoms with Crippen molar-refractivity contribution >= 4 is 27.5 Å². The van der Waals surface area contributed by atoms with Gasteiger partial charge < -0.3 is 5.11 Å². The zero-order valence-electron chi connectivity index (χ0n) is 7.24. The molecule has 1 aromatic rings. The van der Waals surface area contributed by atoms with Gasteiger partial charge >= 0.3 is 0 Å². The highest BCUT2D eigenvalue weighted by molar-refractivity contribution is 9.10.